The highest BCUT2D eigenvalue weighted by Gasteiger charge is 2.42. The van der Waals surface area contributed by atoms with Crippen molar-refractivity contribution >= 4 is 11.7 Å². The normalized spacial score (nSPS) is 22.7. The van der Waals surface area contributed by atoms with Crippen LogP contribution in [-0.4, -0.2) is 45.4 Å². The van der Waals surface area contributed by atoms with Gasteiger partial charge in [0.05, 0.1) is 0 Å². The van der Waals surface area contributed by atoms with Gasteiger partial charge in [-0.25, -0.2) is 9.97 Å². The Morgan fingerprint density at radius 3 is 2.79 bits per heavy atom. The lowest BCUT2D eigenvalue weighted by atomic mass is 9.73. The molecule has 0 radical (unpaired) electrons. The monoisotopic (exact) mass is 379 g/mol. The smallest absolute Gasteiger partial charge is 0.222 e. The molecular weight excluding hydrogens is 350 g/mol. The van der Waals surface area contributed by atoms with Gasteiger partial charge in [0.2, 0.25) is 5.91 Å². The van der Waals surface area contributed by atoms with E-state index >= 15 is 0 Å². The minimum Gasteiger partial charge on any atom is -0.356 e. The molecule has 0 aromatic carbocycles. The molecule has 28 heavy (non-hydrogen) atoms. The van der Waals surface area contributed by atoms with Crippen LogP contribution >= 0.6 is 0 Å². The van der Waals surface area contributed by atoms with Crippen molar-refractivity contribution in [2.45, 2.75) is 52.5 Å². The van der Waals surface area contributed by atoms with Gasteiger partial charge in [-0.1, -0.05) is 6.92 Å². The van der Waals surface area contributed by atoms with E-state index in [-0.39, 0.29) is 11.3 Å². The summed E-state index contributed by atoms with van der Waals surface area (Å²) in [6.45, 7) is 7.62. The number of aryl methyl sites for hydroxylation is 2. The minimum absolute atomic E-state index is 0.156. The number of aromatic nitrogens is 3. The molecule has 148 valence electrons. The van der Waals surface area contributed by atoms with Crippen molar-refractivity contribution in [3.63, 3.8) is 0 Å². The minimum atomic E-state index is 0.156. The van der Waals surface area contributed by atoms with Crippen LogP contribution in [0.15, 0.2) is 30.7 Å². The van der Waals surface area contributed by atoms with Crippen molar-refractivity contribution in [3.05, 3.63) is 47.7 Å². The Morgan fingerprint density at radius 2 is 2.00 bits per heavy atom. The van der Waals surface area contributed by atoms with Gasteiger partial charge in [-0.3, -0.25) is 9.78 Å². The van der Waals surface area contributed by atoms with Crippen LogP contribution < -0.4 is 4.90 Å². The average molecular weight is 380 g/mol. The summed E-state index contributed by atoms with van der Waals surface area (Å²) in [4.78, 5) is 30.3. The number of likely N-dealkylation sites (tertiary alicyclic amines) is 1. The number of amides is 1. The van der Waals surface area contributed by atoms with E-state index in [4.69, 9.17) is 4.98 Å². The Balaban J connectivity index is 1.54. The van der Waals surface area contributed by atoms with Gasteiger partial charge in [0.1, 0.15) is 11.6 Å². The first-order chi connectivity index (χ1) is 13.6. The zero-order valence-electron chi connectivity index (χ0n) is 16.9. The Hall–Kier alpha value is -2.50. The molecule has 1 amide bonds. The fraction of sp³-hybridized carbons (Fsp3) is 0.545. The number of nitrogens with zero attached hydrogens (tertiary/aromatic N) is 5. The van der Waals surface area contributed by atoms with E-state index in [2.05, 4.69) is 21.8 Å². The second-order valence-corrected chi connectivity index (χ2v) is 8.25. The molecular formula is C22H29N5O. The van der Waals surface area contributed by atoms with Gasteiger partial charge in [0.15, 0.2) is 0 Å². The highest BCUT2D eigenvalue weighted by Crippen LogP contribution is 2.40. The quantitative estimate of drug-likeness (QED) is 0.817. The molecule has 0 saturated carbocycles. The molecule has 0 unspecified atom stereocenters. The molecule has 6 heteroatoms. The molecule has 0 aliphatic carbocycles. The summed E-state index contributed by atoms with van der Waals surface area (Å²) in [6, 6.07) is 4.00. The number of carbonyl (C=O) groups is 1. The molecule has 1 atom stereocenters. The van der Waals surface area contributed by atoms with Crippen LogP contribution in [0.4, 0.5) is 5.82 Å². The van der Waals surface area contributed by atoms with Crippen molar-refractivity contribution in [1.82, 2.24) is 19.9 Å². The van der Waals surface area contributed by atoms with Crippen LogP contribution in [0.3, 0.4) is 0 Å². The molecule has 2 aromatic heterocycles. The first-order valence-corrected chi connectivity index (χ1v) is 10.3. The van der Waals surface area contributed by atoms with Gasteiger partial charge in [-0.05, 0) is 50.3 Å². The maximum Gasteiger partial charge on any atom is 0.222 e. The summed E-state index contributed by atoms with van der Waals surface area (Å²) in [7, 11) is 0. The van der Waals surface area contributed by atoms with E-state index in [1.54, 1.807) is 12.4 Å². The Kier molecular flexibility index (Phi) is 5.29. The number of piperidine rings is 2. The molecule has 2 aliphatic heterocycles. The third-order valence-corrected chi connectivity index (χ3v) is 6.17. The molecule has 2 aliphatic rings. The standard InChI is InChI=1S/C22H29N5O/c1-3-19-13-24-17(2)25-21(19)26-12-4-8-22(15-26)9-5-20(28)27(16-22)14-18-6-10-23-11-7-18/h6-7,10-11,13H,3-5,8-9,12,14-16H2,1-2H3/t22-/m0/s1. The number of pyridine rings is 1. The molecule has 0 N–H and O–H groups in total. The van der Waals surface area contributed by atoms with Gasteiger partial charge in [-0.2, -0.15) is 0 Å². The van der Waals surface area contributed by atoms with Gasteiger partial charge >= 0.3 is 0 Å². The van der Waals surface area contributed by atoms with Gasteiger partial charge in [-0.15, -0.1) is 0 Å². The molecule has 6 nitrogen and oxygen atoms in total. The maximum absolute atomic E-state index is 12.6. The van der Waals surface area contributed by atoms with E-state index in [0.717, 1.165) is 56.1 Å². The van der Waals surface area contributed by atoms with E-state index in [1.165, 1.54) is 12.0 Å². The summed E-state index contributed by atoms with van der Waals surface area (Å²) in [5.41, 5.74) is 2.51. The average Bonchev–Trinajstić information content (AvgIpc) is 2.72. The summed E-state index contributed by atoms with van der Waals surface area (Å²) < 4.78 is 0. The highest BCUT2D eigenvalue weighted by molar-refractivity contribution is 5.77. The lowest BCUT2D eigenvalue weighted by molar-refractivity contribution is -0.138. The van der Waals surface area contributed by atoms with Crippen molar-refractivity contribution in [2.75, 3.05) is 24.5 Å². The van der Waals surface area contributed by atoms with Gasteiger partial charge in [0.25, 0.3) is 0 Å². The molecule has 0 bridgehead atoms. The summed E-state index contributed by atoms with van der Waals surface area (Å²) in [5.74, 6) is 2.18. The van der Waals surface area contributed by atoms with Gasteiger partial charge < -0.3 is 9.80 Å². The SMILES string of the molecule is CCc1cnc(C)nc1N1CCC[C@]2(CCC(=O)N(Cc3ccncc3)C2)C1. The number of anilines is 1. The maximum atomic E-state index is 12.6. The van der Waals surface area contributed by atoms with Crippen molar-refractivity contribution < 1.29 is 4.79 Å². The van der Waals surface area contributed by atoms with Crippen LogP contribution in [0.5, 0.6) is 0 Å². The number of hydrogen-bond acceptors (Lipinski definition) is 5. The Bertz CT molecular complexity index is 840. The molecule has 2 saturated heterocycles. The first kappa shape index (κ1) is 18.8. The molecule has 2 fully saturated rings. The predicted molar refractivity (Wildman–Crippen MR) is 109 cm³/mol. The molecule has 1 spiro atoms. The van der Waals surface area contributed by atoms with E-state index in [0.29, 0.717) is 13.0 Å². The van der Waals surface area contributed by atoms with E-state index in [1.807, 2.05) is 30.2 Å². The third kappa shape index (κ3) is 3.86. The molecule has 4 heterocycles. The fourth-order valence-corrected chi connectivity index (χ4v) is 4.68. The van der Waals surface area contributed by atoms with Crippen molar-refractivity contribution in [3.8, 4) is 0 Å². The van der Waals surface area contributed by atoms with Crippen LogP contribution in [0, 0.1) is 12.3 Å². The zero-order valence-corrected chi connectivity index (χ0v) is 16.9. The first-order valence-electron chi connectivity index (χ1n) is 10.3. The Labute approximate surface area is 167 Å². The molecule has 2 aromatic rings. The third-order valence-electron chi connectivity index (χ3n) is 6.17. The molecule has 4 rings (SSSR count). The number of carbonyl (C=O) groups excluding carboxylic acids is 1. The number of hydrogen-bond donors (Lipinski definition) is 0. The van der Waals surface area contributed by atoms with Crippen molar-refractivity contribution in [1.29, 1.82) is 0 Å². The van der Waals surface area contributed by atoms with Crippen LogP contribution in [-0.2, 0) is 17.8 Å². The Morgan fingerprint density at radius 1 is 1.18 bits per heavy atom. The lowest BCUT2D eigenvalue weighted by Gasteiger charge is -2.48. The second-order valence-electron chi connectivity index (χ2n) is 8.25. The summed E-state index contributed by atoms with van der Waals surface area (Å²) in [6.07, 6.45) is 10.4. The fourth-order valence-electron chi connectivity index (χ4n) is 4.68. The van der Waals surface area contributed by atoms with E-state index < -0.39 is 0 Å². The predicted octanol–water partition coefficient (Wildman–Crippen LogP) is 3.15. The lowest BCUT2D eigenvalue weighted by Crippen LogP contribution is -2.54. The highest BCUT2D eigenvalue weighted by atomic mass is 16.2. The summed E-state index contributed by atoms with van der Waals surface area (Å²) >= 11 is 0. The zero-order chi connectivity index (χ0) is 19.6. The topological polar surface area (TPSA) is 62.2 Å². The van der Waals surface area contributed by atoms with Crippen LogP contribution in [0.25, 0.3) is 0 Å². The van der Waals surface area contributed by atoms with Crippen LogP contribution in [0.2, 0.25) is 0 Å². The number of rotatable bonds is 4. The second kappa shape index (κ2) is 7.86. The van der Waals surface area contributed by atoms with E-state index in [9.17, 15) is 4.79 Å². The summed E-state index contributed by atoms with van der Waals surface area (Å²) in [5, 5.41) is 0. The van der Waals surface area contributed by atoms with Gasteiger partial charge in [0, 0.05) is 62.2 Å². The van der Waals surface area contributed by atoms with Crippen LogP contribution in [0.1, 0.15) is 49.6 Å². The largest absolute Gasteiger partial charge is 0.356 e. The van der Waals surface area contributed by atoms with Crippen molar-refractivity contribution in [2.24, 2.45) is 5.41 Å².